The van der Waals surface area contributed by atoms with Crippen LogP contribution in [-0.4, -0.2) is 16.6 Å². The highest BCUT2D eigenvalue weighted by molar-refractivity contribution is 5.87. The molecular formula is C12H15NO2. The predicted molar refractivity (Wildman–Crippen MR) is 58.0 cm³/mol. The molecule has 0 unspecified atom stereocenters. The number of carbonyl (C=O) groups is 1. The number of hydrogen-bond donors (Lipinski definition) is 2. The zero-order valence-corrected chi connectivity index (χ0v) is 9.00. The fourth-order valence-corrected chi connectivity index (χ4v) is 1.97. The number of nitrogens with one attached hydrogen (secondary N) is 1. The van der Waals surface area contributed by atoms with E-state index in [0.29, 0.717) is 5.56 Å². The van der Waals surface area contributed by atoms with Crippen molar-refractivity contribution < 1.29 is 9.90 Å². The average Bonchev–Trinajstić information content (AvgIpc) is 2.15. The van der Waals surface area contributed by atoms with Gasteiger partial charge in [-0.3, -0.25) is 0 Å². The summed E-state index contributed by atoms with van der Waals surface area (Å²) in [7, 11) is 0. The van der Waals surface area contributed by atoms with Crippen molar-refractivity contribution in [2.75, 3.05) is 0 Å². The molecule has 1 heterocycles. The van der Waals surface area contributed by atoms with Gasteiger partial charge in [-0.15, -0.1) is 0 Å². The molecule has 3 heteroatoms. The van der Waals surface area contributed by atoms with Crippen LogP contribution in [0.15, 0.2) is 18.2 Å². The molecule has 1 aromatic rings. The summed E-state index contributed by atoms with van der Waals surface area (Å²) in [4.78, 5) is 10.8. The van der Waals surface area contributed by atoms with E-state index < -0.39 is 5.97 Å². The first-order valence-corrected chi connectivity index (χ1v) is 5.08. The number of carboxylic acids is 1. The summed E-state index contributed by atoms with van der Waals surface area (Å²) in [5.74, 6) is -0.853. The van der Waals surface area contributed by atoms with Crippen molar-refractivity contribution >= 4 is 5.97 Å². The van der Waals surface area contributed by atoms with Crippen LogP contribution >= 0.6 is 0 Å². The maximum absolute atomic E-state index is 10.8. The van der Waals surface area contributed by atoms with E-state index in [1.54, 1.807) is 12.1 Å². The van der Waals surface area contributed by atoms with E-state index in [1.165, 1.54) is 5.56 Å². The topological polar surface area (TPSA) is 49.3 Å². The smallest absolute Gasteiger partial charge is 0.335 e. The van der Waals surface area contributed by atoms with E-state index >= 15 is 0 Å². The highest BCUT2D eigenvalue weighted by Crippen LogP contribution is 2.23. The lowest BCUT2D eigenvalue weighted by atomic mass is 9.87. The number of benzene rings is 1. The highest BCUT2D eigenvalue weighted by Gasteiger charge is 2.24. The van der Waals surface area contributed by atoms with Crippen molar-refractivity contribution in [1.29, 1.82) is 0 Å². The van der Waals surface area contributed by atoms with E-state index in [9.17, 15) is 4.79 Å². The Bertz CT molecular complexity index is 410. The number of carboxylic acid groups (broad SMARTS) is 1. The second-order valence-corrected chi connectivity index (χ2v) is 4.70. The van der Waals surface area contributed by atoms with Crippen LogP contribution in [0.4, 0.5) is 0 Å². The van der Waals surface area contributed by atoms with Gasteiger partial charge in [0.05, 0.1) is 5.56 Å². The molecule has 0 spiro atoms. The maximum Gasteiger partial charge on any atom is 0.335 e. The lowest BCUT2D eigenvalue weighted by Crippen LogP contribution is -2.44. The number of hydrogen-bond acceptors (Lipinski definition) is 2. The van der Waals surface area contributed by atoms with Crippen molar-refractivity contribution in [3.05, 3.63) is 34.9 Å². The fourth-order valence-electron chi connectivity index (χ4n) is 1.97. The molecule has 1 aromatic carbocycles. The molecule has 1 aliphatic rings. The van der Waals surface area contributed by atoms with Crippen molar-refractivity contribution in [3.63, 3.8) is 0 Å². The lowest BCUT2D eigenvalue weighted by molar-refractivity contribution is 0.0696. The predicted octanol–water partition coefficient (Wildman–Crippen LogP) is 1.81. The van der Waals surface area contributed by atoms with E-state index in [2.05, 4.69) is 19.2 Å². The van der Waals surface area contributed by atoms with E-state index in [1.807, 2.05) is 6.07 Å². The van der Waals surface area contributed by atoms with Gasteiger partial charge in [-0.25, -0.2) is 4.79 Å². The Morgan fingerprint density at radius 1 is 1.40 bits per heavy atom. The Labute approximate surface area is 89.1 Å². The van der Waals surface area contributed by atoms with Crippen molar-refractivity contribution in [2.24, 2.45) is 0 Å². The Hall–Kier alpha value is -1.35. The summed E-state index contributed by atoms with van der Waals surface area (Å²) in [6.07, 6.45) is 0.878. The third kappa shape index (κ3) is 2.02. The highest BCUT2D eigenvalue weighted by atomic mass is 16.4. The van der Waals surface area contributed by atoms with Crippen LogP contribution in [-0.2, 0) is 13.0 Å². The molecule has 0 saturated carbocycles. The van der Waals surface area contributed by atoms with Gasteiger partial charge >= 0.3 is 5.97 Å². The SMILES string of the molecule is CC1(C)Cc2cc(C(=O)O)ccc2CN1. The summed E-state index contributed by atoms with van der Waals surface area (Å²) < 4.78 is 0. The first-order valence-electron chi connectivity index (χ1n) is 5.08. The van der Waals surface area contributed by atoms with Crippen LogP contribution in [0.1, 0.15) is 35.3 Å². The molecule has 1 aliphatic heterocycles. The zero-order valence-electron chi connectivity index (χ0n) is 9.00. The molecule has 0 radical (unpaired) electrons. The number of fused-ring (bicyclic) bond motifs is 1. The molecule has 0 bridgehead atoms. The molecule has 2 N–H and O–H groups in total. The number of rotatable bonds is 1. The largest absolute Gasteiger partial charge is 0.478 e. The summed E-state index contributed by atoms with van der Waals surface area (Å²) >= 11 is 0. The summed E-state index contributed by atoms with van der Waals surface area (Å²) in [5.41, 5.74) is 2.80. The quantitative estimate of drug-likeness (QED) is 0.735. The standard InChI is InChI=1S/C12H15NO2/c1-12(2)6-10-5-8(11(14)15)3-4-9(10)7-13-12/h3-5,13H,6-7H2,1-2H3,(H,14,15). The maximum atomic E-state index is 10.8. The van der Waals surface area contributed by atoms with Gasteiger partial charge in [0, 0.05) is 12.1 Å². The number of aromatic carboxylic acids is 1. The van der Waals surface area contributed by atoms with Crippen molar-refractivity contribution in [1.82, 2.24) is 5.32 Å². The van der Waals surface area contributed by atoms with E-state index in [4.69, 9.17) is 5.11 Å². The minimum atomic E-state index is -0.853. The summed E-state index contributed by atoms with van der Waals surface area (Å²) in [6, 6.07) is 5.36. The van der Waals surface area contributed by atoms with Crippen LogP contribution in [0.25, 0.3) is 0 Å². The van der Waals surface area contributed by atoms with E-state index in [0.717, 1.165) is 18.5 Å². The molecule has 0 atom stereocenters. The molecule has 0 aliphatic carbocycles. The minimum Gasteiger partial charge on any atom is -0.478 e. The van der Waals surface area contributed by atoms with E-state index in [-0.39, 0.29) is 5.54 Å². The van der Waals surface area contributed by atoms with Gasteiger partial charge in [-0.05, 0) is 43.5 Å². The summed E-state index contributed by atoms with van der Waals surface area (Å²) in [6.45, 7) is 5.08. The first kappa shape index (κ1) is 10.2. The van der Waals surface area contributed by atoms with Crippen LogP contribution in [0.3, 0.4) is 0 Å². The fraction of sp³-hybridized carbons (Fsp3) is 0.417. The van der Waals surface area contributed by atoms with Crippen molar-refractivity contribution in [2.45, 2.75) is 32.4 Å². The molecule has 0 saturated heterocycles. The average molecular weight is 205 g/mol. The minimum absolute atomic E-state index is 0.0596. The first-order chi connectivity index (χ1) is 6.98. The monoisotopic (exact) mass is 205 g/mol. The second-order valence-electron chi connectivity index (χ2n) is 4.70. The zero-order chi connectivity index (χ0) is 11.1. The molecule has 0 amide bonds. The third-order valence-electron chi connectivity index (χ3n) is 2.84. The third-order valence-corrected chi connectivity index (χ3v) is 2.84. The van der Waals surface area contributed by atoms with Gasteiger partial charge in [-0.2, -0.15) is 0 Å². The van der Waals surface area contributed by atoms with Gasteiger partial charge in [0.2, 0.25) is 0 Å². The summed E-state index contributed by atoms with van der Waals surface area (Å²) in [5, 5.41) is 12.3. The van der Waals surface area contributed by atoms with Crippen LogP contribution in [0.5, 0.6) is 0 Å². The Balaban J connectivity index is 2.39. The Morgan fingerprint density at radius 3 is 2.80 bits per heavy atom. The lowest BCUT2D eigenvalue weighted by Gasteiger charge is -2.33. The van der Waals surface area contributed by atoms with Gasteiger partial charge in [0.25, 0.3) is 0 Å². The molecule has 3 nitrogen and oxygen atoms in total. The molecular weight excluding hydrogens is 190 g/mol. The molecule has 2 rings (SSSR count). The van der Waals surface area contributed by atoms with Crippen LogP contribution in [0, 0.1) is 0 Å². The Morgan fingerprint density at radius 2 is 2.13 bits per heavy atom. The molecule has 0 fully saturated rings. The Kier molecular flexibility index (Phi) is 2.27. The van der Waals surface area contributed by atoms with Crippen LogP contribution in [0.2, 0.25) is 0 Å². The van der Waals surface area contributed by atoms with Gasteiger partial charge < -0.3 is 10.4 Å². The normalized spacial score (nSPS) is 18.3. The molecule has 80 valence electrons. The van der Waals surface area contributed by atoms with Gasteiger partial charge in [0.1, 0.15) is 0 Å². The van der Waals surface area contributed by atoms with Crippen molar-refractivity contribution in [3.8, 4) is 0 Å². The second kappa shape index (κ2) is 3.35. The van der Waals surface area contributed by atoms with Gasteiger partial charge in [0.15, 0.2) is 0 Å². The van der Waals surface area contributed by atoms with Crippen LogP contribution < -0.4 is 5.32 Å². The molecule has 0 aromatic heterocycles. The van der Waals surface area contributed by atoms with Gasteiger partial charge in [-0.1, -0.05) is 6.07 Å². The molecule has 15 heavy (non-hydrogen) atoms.